The molecule has 11 nitrogen and oxygen atoms in total. The molecule has 0 N–H and O–H groups in total. The number of hydrazone groups is 1. The van der Waals surface area contributed by atoms with Gasteiger partial charge in [-0.05, 0) is 40.5 Å². The normalized spacial score (nSPS) is 39.6. The van der Waals surface area contributed by atoms with Gasteiger partial charge in [0.2, 0.25) is 6.54 Å². The quantitative estimate of drug-likeness (QED) is 0.327. The van der Waals surface area contributed by atoms with E-state index in [-0.39, 0.29) is 17.5 Å². The Morgan fingerprint density at radius 1 is 1.16 bits per heavy atom. The van der Waals surface area contributed by atoms with Gasteiger partial charge in [0.25, 0.3) is 0 Å². The van der Waals surface area contributed by atoms with Crippen LogP contribution < -0.4 is 0 Å². The van der Waals surface area contributed by atoms with Gasteiger partial charge in [0.1, 0.15) is 24.4 Å². The summed E-state index contributed by atoms with van der Waals surface area (Å²) in [6.45, 7) is 8.25. The van der Waals surface area contributed by atoms with E-state index in [4.69, 9.17) is 28.4 Å². The average Bonchev–Trinajstić information content (AvgIpc) is 3.31. The molecule has 0 spiro atoms. The molecule has 11 heteroatoms. The second-order valence-corrected chi connectivity index (χ2v) is 9.49. The summed E-state index contributed by atoms with van der Waals surface area (Å²) in [7, 11) is 1.66. The summed E-state index contributed by atoms with van der Waals surface area (Å²) >= 11 is 0. The minimum Gasteiger partial charge on any atom is -0.382 e. The highest BCUT2D eigenvalue weighted by Crippen LogP contribution is 2.45. The van der Waals surface area contributed by atoms with Gasteiger partial charge in [-0.2, -0.15) is 5.10 Å². The Morgan fingerprint density at radius 3 is 2.55 bits per heavy atom. The summed E-state index contributed by atoms with van der Waals surface area (Å²) < 4.78 is 35.7. The lowest BCUT2D eigenvalue weighted by Gasteiger charge is -2.39. The summed E-state index contributed by atoms with van der Waals surface area (Å²) in [6, 6.07) is 0.166. The Labute approximate surface area is 182 Å². The van der Waals surface area contributed by atoms with Crippen LogP contribution in [0.5, 0.6) is 0 Å². The third-order valence-electron chi connectivity index (χ3n) is 6.08. The highest BCUT2D eigenvalue weighted by molar-refractivity contribution is 5.61. The van der Waals surface area contributed by atoms with Crippen LogP contribution in [0.25, 0.3) is 0 Å². The lowest BCUT2D eigenvalue weighted by molar-refractivity contribution is -0.488. The standard InChI is InChI=1S/C20H33N3O8/c1-19(2)28-15-14(27-18-17(16(15)29-19)30-20(3,4)31-18)12(10-23(24)25)9-21-22-8-6-7-13(22)11-26-5/h9,12-18H,6-8,10-11H2,1-5H3/b21-9+/t12-,13-,14+,15-,16-,17+,18+/m0/s1. The number of methoxy groups -OCH3 is 1. The Morgan fingerprint density at radius 2 is 1.84 bits per heavy atom. The monoisotopic (exact) mass is 443 g/mol. The smallest absolute Gasteiger partial charge is 0.214 e. The lowest BCUT2D eigenvalue weighted by atomic mass is 9.90. The molecule has 4 heterocycles. The van der Waals surface area contributed by atoms with Crippen molar-refractivity contribution in [2.75, 3.05) is 26.8 Å². The molecule has 4 aliphatic rings. The van der Waals surface area contributed by atoms with Gasteiger partial charge in [-0.15, -0.1) is 0 Å². The van der Waals surface area contributed by atoms with Gasteiger partial charge in [0.05, 0.1) is 18.6 Å². The van der Waals surface area contributed by atoms with Crippen molar-refractivity contribution >= 4 is 6.21 Å². The summed E-state index contributed by atoms with van der Waals surface area (Å²) in [5, 5.41) is 18.0. The third-order valence-corrected chi connectivity index (χ3v) is 6.08. The van der Waals surface area contributed by atoms with Gasteiger partial charge < -0.3 is 28.4 Å². The molecule has 7 atom stereocenters. The van der Waals surface area contributed by atoms with Crippen molar-refractivity contribution in [1.82, 2.24) is 5.01 Å². The van der Waals surface area contributed by atoms with Crippen LogP contribution in [0.1, 0.15) is 40.5 Å². The molecular weight excluding hydrogens is 410 g/mol. The number of nitrogens with zero attached hydrogens (tertiary/aromatic N) is 3. The zero-order valence-corrected chi connectivity index (χ0v) is 18.8. The maximum Gasteiger partial charge on any atom is 0.214 e. The SMILES string of the molecule is COC[C@@H]1CCCN1/N=C/[C@@H](C[N+](=O)[O-])[C@H]1O[C@@H]2OC(C)(C)O[C@@H]2[C@H]2OC(C)(C)O[C@H]21. The van der Waals surface area contributed by atoms with Gasteiger partial charge >= 0.3 is 0 Å². The fraction of sp³-hybridized carbons (Fsp3) is 0.950. The van der Waals surface area contributed by atoms with Gasteiger partial charge in [-0.3, -0.25) is 15.1 Å². The van der Waals surface area contributed by atoms with Gasteiger partial charge in [-0.1, -0.05) is 0 Å². The first-order chi connectivity index (χ1) is 14.6. The first kappa shape index (κ1) is 22.8. The molecule has 176 valence electrons. The predicted molar refractivity (Wildman–Crippen MR) is 108 cm³/mol. The van der Waals surface area contributed by atoms with Gasteiger partial charge in [-0.25, -0.2) is 0 Å². The van der Waals surface area contributed by atoms with E-state index >= 15 is 0 Å². The summed E-state index contributed by atoms with van der Waals surface area (Å²) in [5.41, 5.74) is 0. The molecule has 4 rings (SSSR count). The number of fused-ring (bicyclic) bond motifs is 3. The molecule has 4 saturated heterocycles. The molecular formula is C20H33N3O8. The minimum absolute atomic E-state index is 0.166. The average molecular weight is 443 g/mol. The fourth-order valence-corrected chi connectivity index (χ4v) is 4.90. The van der Waals surface area contributed by atoms with E-state index in [1.807, 2.05) is 18.9 Å². The number of rotatable bonds is 7. The van der Waals surface area contributed by atoms with Crippen LogP contribution in [0.4, 0.5) is 0 Å². The van der Waals surface area contributed by atoms with Crippen LogP contribution in [-0.4, -0.2) is 91.3 Å². The molecule has 4 aliphatic heterocycles. The maximum absolute atomic E-state index is 11.5. The highest BCUT2D eigenvalue weighted by Gasteiger charge is 2.62. The van der Waals surface area contributed by atoms with Crippen LogP contribution in [0.3, 0.4) is 0 Å². The van der Waals surface area contributed by atoms with Crippen LogP contribution in [0.2, 0.25) is 0 Å². The summed E-state index contributed by atoms with van der Waals surface area (Å²) in [6.07, 6.45) is 0.757. The fourth-order valence-electron chi connectivity index (χ4n) is 4.90. The Bertz CT molecular complexity index is 702. The van der Waals surface area contributed by atoms with E-state index in [2.05, 4.69) is 5.10 Å². The molecule has 0 aromatic carbocycles. The Kier molecular flexibility index (Phi) is 6.27. The minimum atomic E-state index is -0.864. The molecule has 31 heavy (non-hydrogen) atoms. The third kappa shape index (κ3) is 4.86. The van der Waals surface area contributed by atoms with Crippen molar-refractivity contribution < 1.29 is 33.3 Å². The van der Waals surface area contributed by atoms with E-state index in [0.717, 1.165) is 19.4 Å². The van der Waals surface area contributed by atoms with Crippen LogP contribution in [0.15, 0.2) is 5.10 Å². The van der Waals surface area contributed by atoms with E-state index in [0.29, 0.717) is 6.61 Å². The lowest BCUT2D eigenvalue weighted by Crippen LogP contribution is -2.58. The van der Waals surface area contributed by atoms with Crippen molar-refractivity contribution in [3.63, 3.8) is 0 Å². The van der Waals surface area contributed by atoms with E-state index in [1.165, 1.54) is 0 Å². The van der Waals surface area contributed by atoms with E-state index < -0.39 is 48.2 Å². The van der Waals surface area contributed by atoms with Crippen LogP contribution in [0, 0.1) is 16.0 Å². The van der Waals surface area contributed by atoms with Gasteiger partial charge in [0, 0.05) is 24.8 Å². The van der Waals surface area contributed by atoms with Crippen LogP contribution >= 0.6 is 0 Å². The molecule has 0 unspecified atom stereocenters. The first-order valence-corrected chi connectivity index (χ1v) is 10.9. The van der Waals surface area contributed by atoms with Crippen molar-refractivity contribution in [1.29, 1.82) is 0 Å². The largest absolute Gasteiger partial charge is 0.382 e. The van der Waals surface area contributed by atoms with Crippen molar-refractivity contribution in [3.05, 3.63) is 10.1 Å². The second-order valence-electron chi connectivity index (χ2n) is 9.49. The molecule has 0 aromatic rings. The Balaban J connectivity index is 1.58. The highest BCUT2D eigenvalue weighted by atomic mass is 16.9. The van der Waals surface area contributed by atoms with Gasteiger partial charge in [0.15, 0.2) is 17.9 Å². The second kappa shape index (κ2) is 8.53. The molecule has 4 fully saturated rings. The molecule has 0 amide bonds. The number of hydrogen-bond acceptors (Lipinski definition) is 10. The molecule has 0 aliphatic carbocycles. The Hall–Kier alpha value is -1.37. The zero-order chi connectivity index (χ0) is 22.4. The summed E-state index contributed by atoms with van der Waals surface area (Å²) in [4.78, 5) is 11.1. The number of hydrogen-bond donors (Lipinski definition) is 0. The molecule has 0 aromatic heterocycles. The van der Waals surface area contributed by atoms with E-state index in [9.17, 15) is 10.1 Å². The zero-order valence-electron chi connectivity index (χ0n) is 18.8. The molecule has 0 saturated carbocycles. The topological polar surface area (TPSA) is 114 Å². The summed E-state index contributed by atoms with van der Waals surface area (Å²) in [5.74, 6) is -2.34. The number of nitro groups is 1. The first-order valence-electron chi connectivity index (χ1n) is 10.9. The molecule has 0 bridgehead atoms. The van der Waals surface area contributed by atoms with E-state index in [1.54, 1.807) is 27.2 Å². The van der Waals surface area contributed by atoms with Crippen LogP contribution in [-0.2, 0) is 28.4 Å². The maximum atomic E-state index is 11.5. The predicted octanol–water partition coefficient (Wildman–Crippen LogP) is 1.37. The van der Waals surface area contributed by atoms with Crippen molar-refractivity contribution in [3.8, 4) is 0 Å². The van der Waals surface area contributed by atoms with Crippen molar-refractivity contribution in [2.45, 2.75) is 88.9 Å². The molecule has 0 radical (unpaired) electrons. The van der Waals surface area contributed by atoms with Crippen molar-refractivity contribution in [2.24, 2.45) is 11.0 Å². The number of ether oxygens (including phenoxy) is 6.